The Hall–Kier alpha value is -0.770. The van der Waals surface area contributed by atoms with Gasteiger partial charge in [0, 0.05) is 0 Å². The third-order valence-corrected chi connectivity index (χ3v) is 1.56. The van der Waals surface area contributed by atoms with Gasteiger partial charge in [-0.15, -0.1) is 0 Å². The van der Waals surface area contributed by atoms with Crippen LogP contribution in [0.4, 0.5) is 8.78 Å². The molecule has 0 heterocycles. The molecular formula is C7H3BrF2O. The quantitative estimate of drug-likeness (QED) is 0.665. The van der Waals surface area contributed by atoms with E-state index in [1.807, 2.05) is 0 Å². The fourth-order valence-electron chi connectivity index (χ4n) is 0.686. The molecule has 4 heteroatoms. The number of carbonyl (C=O) groups is 1. The first-order chi connectivity index (χ1) is 5.13. The van der Waals surface area contributed by atoms with Crippen LogP contribution in [0.25, 0.3) is 0 Å². The highest BCUT2D eigenvalue weighted by atomic mass is 79.9. The first-order valence-corrected chi connectivity index (χ1v) is 3.56. The number of carbonyl (C=O) groups excluding carboxylic acids is 1. The average molecular weight is 221 g/mol. The molecule has 0 aromatic heterocycles. The Morgan fingerprint density at radius 3 is 2.00 bits per heavy atom. The molecule has 0 fully saturated rings. The van der Waals surface area contributed by atoms with E-state index >= 15 is 0 Å². The minimum atomic E-state index is -0.855. The van der Waals surface area contributed by atoms with Gasteiger partial charge in [-0.2, -0.15) is 0 Å². The zero-order valence-corrected chi connectivity index (χ0v) is 6.86. The molecule has 11 heavy (non-hydrogen) atoms. The van der Waals surface area contributed by atoms with Gasteiger partial charge in [0.25, 0.3) is 0 Å². The molecule has 0 amide bonds. The second-order valence-corrected chi connectivity index (χ2v) is 2.59. The van der Waals surface area contributed by atoms with E-state index in [-0.39, 0.29) is 0 Å². The second-order valence-electron chi connectivity index (χ2n) is 1.87. The first kappa shape index (κ1) is 8.33. The fourth-order valence-corrected chi connectivity index (χ4v) is 1.06. The number of hydrogen-bond donors (Lipinski definition) is 0. The van der Waals surface area contributed by atoms with Gasteiger partial charge in [0.05, 0.1) is 0 Å². The molecule has 0 saturated carbocycles. The Balaban J connectivity index is 3.32. The van der Waals surface area contributed by atoms with Crippen LogP contribution < -0.4 is 0 Å². The van der Waals surface area contributed by atoms with Gasteiger partial charge >= 0.3 is 0 Å². The molecule has 0 spiro atoms. The van der Waals surface area contributed by atoms with Crippen molar-refractivity contribution in [2.24, 2.45) is 0 Å². The van der Waals surface area contributed by atoms with Gasteiger partial charge in [-0.3, -0.25) is 4.79 Å². The SMILES string of the molecule is O=C(Br)c1c(F)cccc1F. The van der Waals surface area contributed by atoms with Gasteiger partial charge in [0.2, 0.25) is 4.69 Å². The smallest absolute Gasteiger partial charge is 0.233 e. The monoisotopic (exact) mass is 220 g/mol. The second kappa shape index (κ2) is 3.09. The predicted molar refractivity (Wildman–Crippen MR) is 39.6 cm³/mol. The Labute approximate surface area is 70.2 Å². The van der Waals surface area contributed by atoms with Crippen LogP contribution in [0.1, 0.15) is 10.4 Å². The van der Waals surface area contributed by atoms with Gasteiger partial charge in [0.15, 0.2) is 0 Å². The van der Waals surface area contributed by atoms with Crippen molar-refractivity contribution in [3.05, 3.63) is 35.4 Å². The molecule has 1 aromatic rings. The van der Waals surface area contributed by atoms with Crippen molar-refractivity contribution in [3.8, 4) is 0 Å². The molecule has 0 unspecified atom stereocenters. The molecule has 1 aromatic carbocycles. The largest absolute Gasteiger partial charge is 0.281 e. The molecule has 0 atom stereocenters. The van der Waals surface area contributed by atoms with Crippen LogP contribution in [0.3, 0.4) is 0 Å². The van der Waals surface area contributed by atoms with Crippen molar-refractivity contribution in [3.63, 3.8) is 0 Å². The number of hydrogen-bond acceptors (Lipinski definition) is 1. The third kappa shape index (κ3) is 1.63. The van der Waals surface area contributed by atoms with Crippen molar-refractivity contribution in [1.82, 2.24) is 0 Å². The molecule has 0 aliphatic rings. The molecule has 0 aliphatic heterocycles. The van der Waals surface area contributed by atoms with Gasteiger partial charge in [-0.25, -0.2) is 8.78 Å². The van der Waals surface area contributed by atoms with Crippen LogP contribution in [0, 0.1) is 11.6 Å². The van der Waals surface area contributed by atoms with Crippen LogP contribution in [0.5, 0.6) is 0 Å². The first-order valence-electron chi connectivity index (χ1n) is 2.77. The van der Waals surface area contributed by atoms with Gasteiger partial charge in [-0.1, -0.05) is 6.07 Å². The number of benzene rings is 1. The maximum atomic E-state index is 12.6. The van der Waals surface area contributed by atoms with E-state index in [4.69, 9.17) is 0 Å². The lowest BCUT2D eigenvalue weighted by atomic mass is 10.2. The van der Waals surface area contributed by atoms with E-state index < -0.39 is 21.9 Å². The lowest BCUT2D eigenvalue weighted by molar-refractivity contribution is 0.108. The van der Waals surface area contributed by atoms with E-state index in [9.17, 15) is 13.6 Å². The molecule has 0 bridgehead atoms. The molecule has 1 nitrogen and oxygen atoms in total. The summed E-state index contributed by atoms with van der Waals surface area (Å²) in [5, 5.41) is 0. The minimum Gasteiger partial charge on any atom is -0.281 e. The number of halogens is 3. The normalized spacial score (nSPS) is 9.73. The van der Waals surface area contributed by atoms with E-state index in [2.05, 4.69) is 15.9 Å². The third-order valence-electron chi connectivity index (χ3n) is 1.16. The minimum absolute atomic E-state index is 0.549. The highest BCUT2D eigenvalue weighted by Crippen LogP contribution is 2.14. The predicted octanol–water partition coefficient (Wildman–Crippen LogP) is 2.50. The van der Waals surface area contributed by atoms with Crippen molar-refractivity contribution in [1.29, 1.82) is 0 Å². The Morgan fingerprint density at radius 2 is 1.73 bits per heavy atom. The van der Waals surface area contributed by atoms with E-state index in [1.54, 1.807) is 0 Å². The summed E-state index contributed by atoms with van der Waals surface area (Å²) >= 11 is 2.47. The average Bonchev–Trinajstić information content (AvgIpc) is 1.85. The highest BCUT2D eigenvalue weighted by molar-refractivity contribution is 9.18. The van der Waals surface area contributed by atoms with Gasteiger partial charge < -0.3 is 0 Å². The van der Waals surface area contributed by atoms with Gasteiger partial charge in [-0.05, 0) is 28.1 Å². The van der Waals surface area contributed by atoms with Crippen molar-refractivity contribution >= 4 is 20.6 Å². The summed E-state index contributed by atoms with van der Waals surface area (Å²) in [5.41, 5.74) is -0.549. The molecule has 1 rings (SSSR count). The Bertz CT molecular complexity index is 278. The van der Waals surface area contributed by atoms with Gasteiger partial charge in [0.1, 0.15) is 17.2 Å². The highest BCUT2D eigenvalue weighted by Gasteiger charge is 2.13. The standard InChI is InChI=1S/C7H3BrF2O/c8-7(11)6-4(9)2-1-3-5(6)10/h1-3H. The molecule has 58 valence electrons. The van der Waals surface area contributed by atoms with Crippen LogP contribution in [-0.4, -0.2) is 4.69 Å². The summed E-state index contributed by atoms with van der Waals surface area (Å²) in [5.74, 6) is -1.71. The van der Waals surface area contributed by atoms with Crippen LogP contribution >= 0.6 is 15.9 Å². The molecule has 0 radical (unpaired) electrons. The zero-order chi connectivity index (χ0) is 8.43. The molecule has 0 aliphatic carbocycles. The van der Waals surface area contributed by atoms with Crippen molar-refractivity contribution in [2.75, 3.05) is 0 Å². The topological polar surface area (TPSA) is 17.1 Å². The zero-order valence-electron chi connectivity index (χ0n) is 5.27. The molecule has 0 saturated heterocycles. The molecular weight excluding hydrogens is 218 g/mol. The van der Waals surface area contributed by atoms with E-state index in [0.29, 0.717) is 0 Å². The number of rotatable bonds is 1. The van der Waals surface area contributed by atoms with Crippen molar-refractivity contribution < 1.29 is 13.6 Å². The lowest BCUT2D eigenvalue weighted by Gasteiger charge is -1.96. The lowest BCUT2D eigenvalue weighted by Crippen LogP contribution is -1.97. The fraction of sp³-hybridized carbons (Fsp3) is 0. The Morgan fingerprint density at radius 1 is 1.27 bits per heavy atom. The van der Waals surface area contributed by atoms with Crippen LogP contribution in [-0.2, 0) is 0 Å². The van der Waals surface area contributed by atoms with Crippen molar-refractivity contribution in [2.45, 2.75) is 0 Å². The summed E-state index contributed by atoms with van der Waals surface area (Å²) < 4.78 is 24.4. The summed E-state index contributed by atoms with van der Waals surface area (Å²) in [4.78, 5) is 10.5. The van der Waals surface area contributed by atoms with Crippen LogP contribution in [0.15, 0.2) is 18.2 Å². The summed E-state index contributed by atoms with van der Waals surface area (Å²) in [6.45, 7) is 0. The van der Waals surface area contributed by atoms with Crippen LogP contribution in [0.2, 0.25) is 0 Å². The summed E-state index contributed by atoms with van der Waals surface area (Å²) in [7, 11) is 0. The summed E-state index contributed by atoms with van der Waals surface area (Å²) in [6, 6.07) is 3.25. The van der Waals surface area contributed by atoms with E-state index in [1.165, 1.54) is 6.07 Å². The Kier molecular flexibility index (Phi) is 2.34. The van der Waals surface area contributed by atoms with E-state index in [0.717, 1.165) is 12.1 Å². The summed E-state index contributed by atoms with van der Waals surface area (Å²) in [6.07, 6.45) is 0. The maximum Gasteiger partial charge on any atom is 0.233 e. The molecule has 0 N–H and O–H groups in total. The maximum absolute atomic E-state index is 12.6.